The third-order valence-electron chi connectivity index (χ3n) is 4.48. The number of thioether (sulfide) groups is 2. The van der Waals surface area contributed by atoms with E-state index in [0.717, 1.165) is 47.5 Å². The zero-order chi connectivity index (χ0) is 15.0. The Labute approximate surface area is 140 Å². The first kappa shape index (κ1) is 15.1. The smallest absolute Gasteiger partial charge is 0.260 e. The van der Waals surface area contributed by atoms with Crippen molar-refractivity contribution >= 4 is 41.0 Å². The Morgan fingerprint density at radius 3 is 2.77 bits per heavy atom. The van der Waals surface area contributed by atoms with Crippen LogP contribution in [0.1, 0.15) is 12.8 Å². The second-order valence-corrected chi connectivity index (χ2v) is 10.8. The van der Waals surface area contributed by atoms with Gasteiger partial charge in [-0.2, -0.15) is 0 Å². The predicted octanol–water partition coefficient (Wildman–Crippen LogP) is 3.96. The van der Waals surface area contributed by atoms with Gasteiger partial charge in [0.25, 0.3) is 7.44 Å². The second-order valence-electron chi connectivity index (χ2n) is 5.80. The SMILES string of the molecule is O=[P@]1(CN=C2SCCS2)N(c2ccccc2)C[C@@H]2CCCN21. The van der Waals surface area contributed by atoms with Gasteiger partial charge in [-0.1, -0.05) is 41.7 Å². The van der Waals surface area contributed by atoms with Crippen LogP contribution in [0.15, 0.2) is 35.3 Å². The van der Waals surface area contributed by atoms with Crippen LogP contribution in [0.4, 0.5) is 5.69 Å². The molecule has 3 heterocycles. The van der Waals surface area contributed by atoms with Crippen LogP contribution in [0.5, 0.6) is 0 Å². The lowest BCUT2D eigenvalue weighted by molar-refractivity contribution is 0.430. The summed E-state index contributed by atoms with van der Waals surface area (Å²) in [5.74, 6) is 2.26. The first-order valence-corrected chi connectivity index (χ1v) is 11.5. The summed E-state index contributed by atoms with van der Waals surface area (Å²) < 4.78 is 19.4. The van der Waals surface area contributed by atoms with Crippen molar-refractivity contribution in [3.63, 3.8) is 0 Å². The van der Waals surface area contributed by atoms with Crippen LogP contribution in [0.2, 0.25) is 0 Å². The molecule has 1 aromatic carbocycles. The Hall–Kier alpha value is -0.420. The number of aliphatic imine (C=N–C) groups is 1. The molecule has 0 saturated carbocycles. The summed E-state index contributed by atoms with van der Waals surface area (Å²) in [6.07, 6.45) is 2.76. The number of hydrogen-bond donors (Lipinski definition) is 0. The molecule has 7 heteroatoms. The van der Waals surface area contributed by atoms with Crippen LogP contribution in [0.25, 0.3) is 0 Å². The van der Waals surface area contributed by atoms with Gasteiger partial charge in [-0.25, -0.2) is 4.67 Å². The minimum atomic E-state index is -2.61. The molecule has 0 radical (unpaired) electrons. The Kier molecular flexibility index (Phi) is 4.29. The van der Waals surface area contributed by atoms with E-state index in [9.17, 15) is 4.57 Å². The highest BCUT2D eigenvalue weighted by Crippen LogP contribution is 2.62. The molecule has 3 aliphatic heterocycles. The molecular weight excluding hydrogens is 333 g/mol. The summed E-state index contributed by atoms with van der Waals surface area (Å²) in [7, 11) is -2.61. The number of hydrogen-bond acceptors (Lipinski definition) is 4. The van der Waals surface area contributed by atoms with Crippen LogP contribution in [0.3, 0.4) is 0 Å². The van der Waals surface area contributed by atoms with Gasteiger partial charge in [-0.05, 0) is 25.0 Å². The van der Waals surface area contributed by atoms with E-state index in [0.29, 0.717) is 12.3 Å². The quantitative estimate of drug-likeness (QED) is 0.769. The van der Waals surface area contributed by atoms with Crippen LogP contribution < -0.4 is 4.67 Å². The third kappa shape index (κ3) is 2.64. The minimum Gasteiger partial charge on any atom is -0.308 e. The molecule has 0 bridgehead atoms. The summed E-state index contributed by atoms with van der Waals surface area (Å²) in [5.41, 5.74) is 1.08. The van der Waals surface area contributed by atoms with Gasteiger partial charge >= 0.3 is 0 Å². The molecular formula is C15H20N3OPS2. The number of rotatable bonds is 3. The molecule has 4 rings (SSSR count). The number of nitrogens with zero attached hydrogens (tertiary/aromatic N) is 3. The van der Waals surface area contributed by atoms with E-state index < -0.39 is 7.44 Å². The third-order valence-corrected chi connectivity index (χ3v) is 10.0. The second kappa shape index (κ2) is 6.23. The largest absolute Gasteiger partial charge is 0.308 e. The normalized spacial score (nSPS) is 31.7. The fourth-order valence-corrected chi connectivity index (χ4v) is 8.83. The van der Waals surface area contributed by atoms with Crippen molar-refractivity contribution in [3.8, 4) is 0 Å². The summed E-state index contributed by atoms with van der Waals surface area (Å²) in [5, 5.41) is 0. The zero-order valence-corrected chi connectivity index (χ0v) is 15.0. The van der Waals surface area contributed by atoms with Crippen molar-refractivity contribution in [1.29, 1.82) is 0 Å². The predicted molar refractivity (Wildman–Crippen MR) is 98.3 cm³/mol. The minimum absolute atomic E-state index is 0.438. The van der Waals surface area contributed by atoms with Crippen molar-refractivity contribution in [3.05, 3.63) is 30.3 Å². The molecule has 3 saturated heterocycles. The van der Waals surface area contributed by atoms with Crippen molar-refractivity contribution in [1.82, 2.24) is 4.67 Å². The molecule has 3 fully saturated rings. The molecule has 0 aromatic heterocycles. The van der Waals surface area contributed by atoms with Crippen LogP contribution in [-0.4, -0.2) is 46.0 Å². The van der Waals surface area contributed by atoms with Gasteiger partial charge in [0.1, 0.15) is 10.7 Å². The lowest BCUT2D eigenvalue weighted by Gasteiger charge is -2.29. The molecule has 2 atom stereocenters. The van der Waals surface area contributed by atoms with E-state index >= 15 is 0 Å². The molecule has 0 N–H and O–H groups in total. The van der Waals surface area contributed by atoms with E-state index in [4.69, 9.17) is 4.99 Å². The number of para-hydroxylation sites is 1. The van der Waals surface area contributed by atoms with E-state index in [1.165, 1.54) is 0 Å². The first-order valence-electron chi connectivity index (χ1n) is 7.77. The van der Waals surface area contributed by atoms with Gasteiger partial charge < -0.3 is 4.67 Å². The molecule has 0 amide bonds. The van der Waals surface area contributed by atoms with Gasteiger partial charge in [0.2, 0.25) is 0 Å². The maximum absolute atomic E-state index is 13.8. The van der Waals surface area contributed by atoms with E-state index in [1.807, 2.05) is 18.2 Å². The monoisotopic (exact) mass is 353 g/mol. The summed E-state index contributed by atoms with van der Waals surface area (Å²) in [6, 6.07) is 10.6. The standard InChI is InChI=1S/C15H20N3OPS2/c19-20(12-16-15-21-9-10-22-15)17-8-4-7-14(17)11-18(20)13-5-2-1-3-6-13/h1-3,5-6,14H,4,7-12H2/t14-,20-/m0/s1. The molecule has 118 valence electrons. The summed E-state index contributed by atoms with van der Waals surface area (Å²) in [6.45, 7) is 1.84. The lowest BCUT2D eigenvalue weighted by Crippen LogP contribution is -2.21. The topological polar surface area (TPSA) is 35.9 Å². The maximum atomic E-state index is 13.8. The van der Waals surface area contributed by atoms with Crippen molar-refractivity contribution in [2.24, 2.45) is 4.99 Å². The zero-order valence-electron chi connectivity index (χ0n) is 12.4. The number of benzene rings is 1. The van der Waals surface area contributed by atoms with Gasteiger partial charge in [0.05, 0.1) is 0 Å². The highest BCUT2D eigenvalue weighted by atomic mass is 32.2. The fourth-order valence-electron chi connectivity index (χ4n) is 3.47. The summed E-state index contributed by atoms with van der Waals surface area (Å²) in [4.78, 5) is 4.71. The average Bonchev–Trinajstić information content (AvgIpc) is 3.25. The van der Waals surface area contributed by atoms with E-state index in [-0.39, 0.29) is 0 Å². The van der Waals surface area contributed by atoms with Crippen molar-refractivity contribution < 1.29 is 4.57 Å². The first-order chi connectivity index (χ1) is 10.8. The van der Waals surface area contributed by atoms with E-state index in [1.54, 1.807) is 23.5 Å². The lowest BCUT2D eigenvalue weighted by atomic mass is 10.2. The van der Waals surface area contributed by atoms with Crippen LogP contribution in [-0.2, 0) is 4.57 Å². The van der Waals surface area contributed by atoms with E-state index in [2.05, 4.69) is 21.5 Å². The molecule has 22 heavy (non-hydrogen) atoms. The molecule has 0 aliphatic carbocycles. The molecule has 1 aromatic rings. The van der Waals surface area contributed by atoms with Crippen LogP contribution >= 0.6 is 31.0 Å². The highest BCUT2D eigenvalue weighted by molar-refractivity contribution is 8.41. The average molecular weight is 353 g/mol. The van der Waals surface area contributed by atoms with Crippen molar-refractivity contribution in [2.45, 2.75) is 18.9 Å². The Morgan fingerprint density at radius 2 is 2.00 bits per heavy atom. The number of anilines is 1. The van der Waals surface area contributed by atoms with Crippen LogP contribution in [0, 0.1) is 0 Å². The Balaban J connectivity index is 1.65. The molecule has 4 nitrogen and oxygen atoms in total. The van der Waals surface area contributed by atoms with Gasteiger partial charge in [-0.15, -0.1) is 0 Å². The van der Waals surface area contributed by atoms with Gasteiger partial charge in [0.15, 0.2) is 0 Å². The molecule has 0 unspecified atom stereocenters. The summed E-state index contributed by atoms with van der Waals surface area (Å²) >= 11 is 3.60. The fraction of sp³-hybridized carbons (Fsp3) is 0.533. The van der Waals surface area contributed by atoms with Gasteiger partial charge in [-0.3, -0.25) is 9.56 Å². The van der Waals surface area contributed by atoms with Gasteiger partial charge in [0, 0.05) is 36.3 Å². The number of fused-ring (bicyclic) bond motifs is 1. The molecule has 3 aliphatic rings. The van der Waals surface area contributed by atoms with Crippen molar-refractivity contribution in [2.75, 3.05) is 35.6 Å². The Bertz CT molecular complexity index is 616. The Morgan fingerprint density at radius 1 is 1.23 bits per heavy atom. The maximum Gasteiger partial charge on any atom is 0.260 e. The molecule has 0 spiro atoms. The highest BCUT2D eigenvalue weighted by Gasteiger charge is 2.50.